The monoisotopic (exact) mass is 441 g/mol. The molecule has 1 rings (SSSR count). The van der Waals surface area contributed by atoms with E-state index >= 15 is 0 Å². The van der Waals surface area contributed by atoms with Crippen molar-refractivity contribution in [2.24, 2.45) is 5.92 Å². The fraction of sp³-hybridized carbons (Fsp3) is 0.810. The molecule has 178 valence electrons. The lowest BCUT2D eigenvalue weighted by atomic mass is 10.0. The summed E-state index contributed by atoms with van der Waals surface area (Å²) in [6, 6.07) is -2.06. The molecular weight excluding hydrogens is 402 g/mol. The predicted octanol–water partition coefficient (Wildman–Crippen LogP) is -0.0253. The first kappa shape index (κ1) is 26.8. The maximum atomic E-state index is 12.9. The summed E-state index contributed by atoms with van der Waals surface area (Å²) in [5.41, 5.74) is 0. The van der Waals surface area contributed by atoms with Gasteiger partial charge in [-0.1, -0.05) is 20.8 Å². The van der Waals surface area contributed by atoms with Crippen LogP contribution in [0.4, 0.5) is 4.79 Å². The van der Waals surface area contributed by atoms with Gasteiger partial charge >= 0.3 is 6.03 Å². The van der Waals surface area contributed by atoms with Crippen molar-refractivity contribution in [1.82, 2.24) is 25.8 Å². The van der Waals surface area contributed by atoms with Crippen LogP contribution in [0.3, 0.4) is 0 Å². The molecule has 0 aromatic carbocycles. The van der Waals surface area contributed by atoms with Crippen molar-refractivity contribution in [2.75, 3.05) is 53.5 Å². The lowest BCUT2D eigenvalue weighted by molar-refractivity contribution is -0.140. The first-order chi connectivity index (χ1) is 14.6. The second-order valence-electron chi connectivity index (χ2n) is 8.48. The maximum absolute atomic E-state index is 12.9. The van der Waals surface area contributed by atoms with Crippen LogP contribution in [-0.2, 0) is 19.1 Å². The first-order valence-corrected chi connectivity index (χ1v) is 11.1. The van der Waals surface area contributed by atoms with Crippen LogP contribution in [-0.4, -0.2) is 99.0 Å². The van der Waals surface area contributed by atoms with E-state index in [-0.39, 0.29) is 18.4 Å². The number of morpholine rings is 1. The SMILES string of the molecule is CC[C@H](NC(=O)[C@H](CC(C)C)NC(=O)N1CCOCC1)C(=O)C(=O)NCCCN(C)C. The van der Waals surface area contributed by atoms with Crippen LogP contribution in [0.15, 0.2) is 0 Å². The Morgan fingerprint density at radius 2 is 1.68 bits per heavy atom. The van der Waals surface area contributed by atoms with Crippen LogP contribution in [0.1, 0.15) is 40.0 Å². The summed E-state index contributed by atoms with van der Waals surface area (Å²) < 4.78 is 5.25. The van der Waals surface area contributed by atoms with Gasteiger partial charge in [0.05, 0.1) is 19.3 Å². The van der Waals surface area contributed by atoms with Gasteiger partial charge in [0.2, 0.25) is 11.7 Å². The zero-order valence-electron chi connectivity index (χ0n) is 19.5. The standard InChI is InChI=1S/C21H39N5O5/c1-6-16(18(27)20(29)22-8-7-9-25(4)5)23-19(28)17(14-15(2)3)24-21(30)26-10-12-31-13-11-26/h15-17H,6-14H2,1-5H3,(H,22,29)(H,23,28)(H,24,30)/t16-,17-/m0/s1. The number of amides is 4. The number of ketones is 1. The van der Waals surface area contributed by atoms with Gasteiger partial charge in [-0.3, -0.25) is 14.4 Å². The Morgan fingerprint density at radius 3 is 2.23 bits per heavy atom. The number of urea groups is 1. The molecule has 0 aromatic rings. The van der Waals surface area contributed by atoms with E-state index in [0.717, 1.165) is 13.0 Å². The van der Waals surface area contributed by atoms with E-state index in [2.05, 4.69) is 16.0 Å². The number of rotatable bonds is 12. The van der Waals surface area contributed by atoms with Gasteiger partial charge in [-0.15, -0.1) is 0 Å². The third-order valence-electron chi connectivity index (χ3n) is 4.95. The molecule has 3 N–H and O–H groups in total. The minimum atomic E-state index is -0.934. The van der Waals surface area contributed by atoms with Crippen molar-refractivity contribution in [2.45, 2.75) is 52.1 Å². The number of nitrogens with one attached hydrogen (secondary N) is 3. The summed E-state index contributed by atoms with van der Waals surface area (Å²) in [6.45, 7) is 8.66. The Morgan fingerprint density at radius 1 is 1.03 bits per heavy atom. The van der Waals surface area contributed by atoms with E-state index in [9.17, 15) is 19.2 Å². The summed E-state index contributed by atoms with van der Waals surface area (Å²) in [6.07, 6.45) is 1.42. The third-order valence-corrected chi connectivity index (χ3v) is 4.95. The average molecular weight is 442 g/mol. The van der Waals surface area contributed by atoms with Crippen molar-refractivity contribution >= 4 is 23.6 Å². The van der Waals surface area contributed by atoms with Gasteiger partial charge in [0.25, 0.3) is 5.91 Å². The topological polar surface area (TPSA) is 120 Å². The van der Waals surface area contributed by atoms with Gasteiger partial charge in [0.15, 0.2) is 0 Å². The van der Waals surface area contributed by atoms with E-state index < -0.39 is 29.7 Å². The molecule has 0 unspecified atom stereocenters. The van der Waals surface area contributed by atoms with Crippen LogP contribution in [0.2, 0.25) is 0 Å². The Balaban J connectivity index is 2.67. The van der Waals surface area contributed by atoms with E-state index in [1.807, 2.05) is 32.8 Å². The molecule has 1 aliphatic heterocycles. The van der Waals surface area contributed by atoms with Crippen LogP contribution in [0.5, 0.6) is 0 Å². The zero-order valence-corrected chi connectivity index (χ0v) is 19.5. The molecule has 0 aromatic heterocycles. The molecule has 0 radical (unpaired) electrons. The van der Waals surface area contributed by atoms with Gasteiger partial charge in [0, 0.05) is 19.6 Å². The Bertz CT molecular complexity index is 605. The molecule has 1 heterocycles. The summed E-state index contributed by atoms with van der Waals surface area (Å²) in [7, 11) is 3.86. The molecule has 0 spiro atoms. The fourth-order valence-corrected chi connectivity index (χ4v) is 3.18. The second kappa shape index (κ2) is 14.0. The Labute approximate surface area is 185 Å². The maximum Gasteiger partial charge on any atom is 0.318 e. The molecule has 31 heavy (non-hydrogen) atoms. The van der Waals surface area contributed by atoms with E-state index in [1.54, 1.807) is 11.8 Å². The van der Waals surface area contributed by atoms with Crippen molar-refractivity contribution in [3.63, 3.8) is 0 Å². The molecule has 0 bridgehead atoms. The van der Waals surface area contributed by atoms with Crippen molar-refractivity contribution in [3.8, 4) is 0 Å². The van der Waals surface area contributed by atoms with Crippen LogP contribution >= 0.6 is 0 Å². The van der Waals surface area contributed by atoms with Crippen molar-refractivity contribution < 1.29 is 23.9 Å². The number of hydrogen-bond donors (Lipinski definition) is 3. The molecule has 10 heteroatoms. The smallest absolute Gasteiger partial charge is 0.318 e. The third kappa shape index (κ3) is 10.1. The van der Waals surface area contributed by atoms with Gasteiger partial charge in [-0.05, 0) is 45.8 Å². The fourth-order valence-electron chi connectivity index (χ4n) is 3.18. The first-order valence-electron chi connectivity index (χ1n) is 11.1. The number of hydrogen-bond acceptors (Lipinski definition) is 6. The molecule has 4 amide bonds. The molecule has 1 saturated heterocycles. The Kier molecular flexibility index (Phi) is 12.1. The highest BCUT2D eigenvalue weighted by Crippen LogP contribution is 2.08. The summed E-state index contributed by atoms with van der Waals surface area (Å²) in [5.74, 6) is -1.69. The summed E-state index contributed by atoms with van der Waals surface area (Å²) >= 11 is 0. The number of ether oxygens (including phenoxy) is 1. The lowest BCUT2D eigenvalue weighted by Crippen LogP contribution is -2.56. The van der Waals surface area contributed by atoms with E-state index in [0.29, 0.717) is 39.3 Å². The second-order valence-corrected chi connectivity index (χ2v) is 8.48. The van der Waals surface area contributed by atoms with Crippen molar-refractivity contribution in [1.29, 1.82) is 0 Å². The van der Waals surface area contributed by atoms with Gasteiger partial charge in [0.1, 0.15) is 6.04 Å². The van der Waals surface area contributed by atoms with Crippen LogP contribution < -0.4 is 16.0 Å². The predicted molar refractivity (Wildman–Crippen MR) is 118 cm³/mol. The van der Waals surface area contributed by atoms with Crippen molar-refractivity contribution in [3.05, 3.63) is 0 Å². The van der Waals surface area contributed by atoms with Gasteiger partial charge in [-0.25, -0.2) is 4.79 Å². The van der Waals surface area contributed by atoms with Gasteiger partial charge < -0.3 is 30.5 Å². The van der Waals surface area contributed by atoms with Crippen LogP contribution in [0.25, 0.3) is 0 Å². The quantitative estimate of drug-likeness (QED) is 0.289. The minimum absolute atomic E-state index is 0.150. The largest absolute Gasteiger partial charge is 0.378 e. The number of carbonyl (C=O) groups is 4. The Hall–Kier alpha value is -2.20. The number of nitrogens with zero attached hydrogens (tertiary/aromatic N) is 2. The molecule has 0 saturated carbocycles. The normalized spacial score (nSPS) is 16.0. The minimum Gasteiger partial charge on any atom is -0.378 e. The highest BCUT2D eigenvalue weighted by Gasteiger charge is 2.30. The zero-order chi connectivity index (χ0) is 23.4. The average Bonchev–Trinajstić information content (AvgIpc) is 2.73. The van der Waals surface area contributed by atoms with Crippen LogP contribution in [0, 0.1) is 5.92 Å². The highest BCUT2D eigenvalue weighted by atomic mass is 16.5. The molecule has 1 aliphatic rings. The molecule has 2 atom stereocenters. The molecule has 10 nitrogen and oxygen atoms in total. The molecule has 0 aliphatic carbocycles. The van der Waals surface area contributed by atoms with E-state index in [4.69, 9.17) is 4.74 Å². The lowest BCUT2D eigenvalue weighted by Gasteiger charge is -2.30. The summed E-state index contributed by atoms with van der Waals surface area (Å²) in [4.78, 5) is 53.7. The number of carbonyl (C=O) groups excluding carboxylic acids is 4. The highest BCUT2D eigenvalue weighted by molar-refractivity contribution is 6.38. The summed E-state index contributed by atoms with van der Waals surface area (Å²) in [5, 5.41) is 8.03. The number of Topliss-reactive ketones (excluding diaryl/α,β-unsaturated/α-hetero) is 1. The van der Waals surface area contributed by atoms with E-state index in [1.165, 1.54) is 0 Å². The molecular formula is C21H39N5O5. The van der Waals surface area contributed by atoms with Gasteiger partial charge in [-0.2, -0.15) is 0 Å². The molecule has 1 fully saturated rings.